The van der Waals surface area contributed by atoms with Crippen molar-refractivity contribution in [3.8, 4) is 0 Å². The molecule has 0 nitrogen and oxygen atoms in total. The van der Waals surface area contributed by atoms with E-state index in [1.807, 2.05) is 11.3 Å². The lowest BCUT2D eigenvalue weighted by molar-refractivity contribution is 0.591. The van der Waals surface area contributed by atoms with E-state index in [-0.39, 0.29) is 10.8 Å². The second-order valence-corrected chi connectivity index (χ2v) is 9.08. The van der Waals surface area contributed by atoms with Crippen LogP contribution in [0.25, 0.3) is 20.2 Å². The fourth-order valence-electron chi connectivity index (χ4n) is 2.92. The van der Waals surface area contributed by atoms with E-state index in [1.165, 1.54) is 31.3 Å². The van der Waals surface area contributed by atoms with Gasteiger partial charge in [0.05, 0.1) is 0 Å². The minimum atomic E-state index is 0.177. The first kappa shape index (κ1) is 14.6. The molecule has 0 bridgehead atoms. The molecule has 0 aliphatic heterocycles. The minimum Gasteiger partial charge on any atom is -0.135 e. The van der Waals surface area contributed by atoms with Crippen LogP contribution >= 0.6 is 11.3 Å². The first-order valence-electron chi connectivity index (χ1n) is 7.64. The second kappa shape index (κ2) is 4.58. The summed E-state index contributed by atoms with van der Waals surface area (Å²) >= 11 is 1.92. The van der Waals surface area contributed by atoms with Crippen molar-refractivity contribution in [2.75, 3.05) is 0 Å². The molecule has 0 amide bonds. The Balaban J connectivity index is 2.37. The minimum absolute atomic E-state index is 0.177. The first-order valence-corrected chi connectivity index (χ1v) is 8.46. The van der Waals surface area contributed by atoms with E-state index in [9.17, 15) is 0 Å². The largest absolute Gasteiger partial charge is 0.135 e. The van der Waals surface area contributed by atoms with Crippen molar-refractivity contribution < 1.29 is 0 Å². The summed E-state index contributed by atoms with van der Waals surface area (Å²) in [7, 11) is 0. The number of benzene rings is 2. The molecule has 110 valence electrons. The molecular weight excluding hydrogens is 272 g/mol. The van der Waals surface area contributed by atoms with Crippen molar-refractivity contribution in [3.05, 3.63) is 47.5 Å². The van der Waals surface area contributed by atoms with Crippen LogP contribution in [0.4, 0.5) is 0 Å². The molecule has 0 unspecified atom stereocenters. The maximum Gasteiger partial charge on any atom is 0.0358 e. The Bertz CT molecular complexity index is 807. The normalized spacial score (nSPS) is 13.2. The van der Waals surface area contributed by atoms with Gasteiger partial charge in [-0.3, -0.25) is 0 Å². The Hall–Kier alpha value is -1.34. The third-order valence-electron chi connectivity index (χ3n) is 4.17. The van der Waals surface area contributed by atoms with E-state index in [1.54, 1.807) is 0 Å². The van der Waals surface area contributed by atoms with Gasteiger partial charge in [-0.05, 0) is 34.1 Å². The Labute approximate surface area is 131 Å². The fraction of sp³-hybridized carbons (Fsp3) is 0.400. The molecule has 1 aromatic heterocycles. The van der Waals surface area contributed by atoms with Crippen molar-refractivity contribution in [2.24, 2.45) is 0 Å². The highest BCUT2D eigenvalue weighted by molar-refractivity contribution is 7.25. The van der Waals surface area contributed by atoms with Crippen molar-refractivity contribution in [1.82, 2.24) is 0 Å². The van der Waals surface area contributed by atoms with Crippen LogP contribution < -0.4 is 0 Å². The molecule has 0 radical (unpaired) electrons. The summed E-state index contributed by atoms with van der Waals surface area (Å²) in [6.45, 7) is 13.7. The van der Waals surface area contributed by atoms with Crippen LogP contribution in [0.5, 0.6) is 0 Å². The van der Waals surface area contributed by atoms with Gasteiger partial charge in [-0.25, -0.2) is 0 Å². The summed E-state index contributed by atoms with van der Waals surface area (Å²) in [5.74, 6) is 0. The maximum atomic E-state index is 2.38. The van der Waals surface area contributed by atoms with Gasteiger partial charge in [0.2, 0.25) is 0 Å². The van der Waals surface area contributed by atoms with E-state index in [4.69, 9.17) is 0 Å². The quantitative estimate of drug-likeness (QED) is 0.435. The lowest BCUT2D eigenvalue weighted by atomic mass is 9.83. The third-order valence-corrected chi connectivity index (χ3v) is 5.29. The van der Waals surface area contributed by atoms with Crippen LogP contribution in [0.15, 0.2) is 36.4 Å². The van der Waals surface area contributed by atoms with E-state index in [2.05, 4.69) is 77.9 Å². The molecular formula is C20H24S. The standard InChI is InChI=1S/C20H24S/c1-19(2,3)13-10-11-14-17(12-13)21-16-9-7-8-15(18(14)16)20(4,5)6/h7-12H,1-6H3. The summed E-state index contributed by atoms with van der Waals surface area (Å²) in [5, 5.41) is 2.86. The van der Waals surface area contributed by atoms with Crippen LogP contribution in [0.1, 0.15) is 52.7 Å². The Kier molecular flexibility index (Phi) is 3.18. The average molecular weight is 296 g/mol. The summed E-state index contributed by atoms with van der Waals surface area (Å²) in [6.07, 6.45) is 0. The first-order chi connectivity index (χ1) is 9.68. The molecule has 0 spiro atoms. The van der Waals surface area contributed by atoms with E-state index < -0.39 is 0 Å². The summed E-state index contributed by atoms with van der Waals surface area (Å²) in [5.41, 5.74) is 3.25. The third kappa shape index (κ3) is 2.48. The van der Waals surface area contributed by atoms with Gasteiger partial charge in [-0.1, -0.05) is 65.8 Å². The Morgan fingerprint density at radius 3 is 2.10 bits per heavy atom. The molecule has 0 aliphatic carbocycles. The SMILES string of the molecule is CC(C)(C)c1ccc2c(c1)sc1cccc(C(C)(C)C)c12. The number of hydrogen-bond donors (Lipinski definition) is 0. The predicted octanol–water partition coefficient (Wildman–Crippen LogP) is 6.65. The van der Waals surface area contributed by atoms with E-state index in [0.29, 0.717) is 0 Å². The molecule has 0 fully saturated rings. The van der Waals surface area contributed by atoms with Gasteiger partial charge in [-0.2, -0.15) is 0 Å². The molecule has 1 heteroatoms. The number of rotatable bonds is 0. The summed E-state index contributed by atoms with van der Waals surface area (Å²) < 4.78 is 2.82. The van der Waals surface area contributed by atoms with Crippen LogP contribution in [0, 0.1) is 0 Å². The zero-order chi connectivity index (χ0) is 15.4. The highest BCUT2D eigenvalue weighted by atomic mass is 32.1. The van der Waals surface area contributed by atoms with E-state index >= 15 is 0 Å². The van der Waals surface area contributed by atoms with E-state index in [0.717, 1.165) is 0 Å². The predicted molar refractivity (Wildman–Crippen MR) is 96.7 cm³/mol. The average Bonchev–Trinajstić information content (AvgIpc) is 2.73. The second-order valence-electron chi connectivity index (χ2n) is 7.99. The van der Waals surface area contributed by atoms with Gasteiger partial charge in [0, 0.05) is 20.2 Å². The van der Waals surface area contributed by atoms with Crippen molar-refractivity contribution >= 4 is 31.5 Å². The van der Waals surface area contributed by atoms with Crippen molar-refractivity contribution in [1.29, 1.82) is 0 Å². The maximum absolute atomic E-state index is 2.38. The summed E-state index contributed by atoms with van der Waals surface area (Å²) in [6, 6.07) is 13.7. The van der Waals surface area contributed by atoms with Crippen LogP contribution in [0.2, 0.25) is 0 Å². The Morgan fingerprint density at radius 2 is 1.48 bits per heavy atom. The lowest BCUT2D eigenvalue weighted by Gasteiger charge is -2.21. The van der Waals surface area contributed by atoms with Crippen molar-refractivity contribution in [2.45, 2.75) is 52.4 Å². The van der Waals surface area contributed by atoms with Gasteiger partial charge >= 0.3 is 0 Å². The summed E-state index contributed by atoms with van der Waals surface area (Å²) in [4.78, 5) is 0. The van der Waals surface area contributed by atoms with Gasteiger partial charge in [0.1, 0.15) is 0 Å². The topological polar surface area (TPSA) is 0 Å². The molecule has 3 rings (SSSR count). The lowest BCUT2D eigenvalue weighted by Crippen LogP contribution is -2.11. The number of hydrogen-bond acceptors (Lipinski definition) is 1. The fourth-order valence-corrected chi connectivity index (χ4v) is 4.09. The molecule has 0 atom stereocenters. The van der Waals surface area contributed by atoms with Gasteiger partial charge in [0.15, 0.2) is 0 Å². The molecule has 0 saturated carbocycles. The highest BCUT2D eigenvalue weighted by Crippen LogP contribution is 2.41. The van der Waals surface area contributed by atoms with Gasteiger partial charge in [-0.15, -0.1) is 11.3 Å². The molecule has 1 heterocycles. The molecule has 0 N–H and O–H groups in total. The number of fused-ring (bicyclic) bond motifs is 3. The number of thiophene rings is 1. The zero-order valence-corrected chi connectivity index (χ0v) is 14.7. The molecule has 0 aliphatic rings. The molecule has 0 saturated heterocycles. The smallest absolute Gasteiger partial charge is 0.0358 e. The zero-order valence-electron chi connectivity index (χ0n) is 13.9. The van der Waals surface area contributed by atoms with Gasteiger partial charge in [0.25, 0.3) is 0 Å². The molecule has 3 aromatic rings. The van der Waals surface area contributed by atoms with Crippen LogP contribution in [0.3, 0.4) is 0 Å². The monoisotopic (exact) mass is 296 g/mol. The molecule has 2 aromatic carbocycles. The van der Waals surface area contributed by atoms with Crippen molar-refractivity contribution in [3.63, 3.8) is 0 Å². The Morgan fingerprint density at radius 1 is 0.762 bits per heavy atom. The van der Waals surface area contributed by atoms with Gasteiger partial charge < -0.3 is 0 Å². The van der Waals surface area contributed by atoms with Crippen LogP contribution in [-0.4, -0.2) is 0 Å². The van der Waals surface area contributed by atoms with Crippen LogP contribution in [-0.2, 0) is 10.8 Å². The molecule has 21 heavy (non-hydrogen) atoms. The highest BCUT2D eigenvalue weighted by Gasteiger charge is 2.20.